The predicted molar refractivity (Wildman–Crippen MR) is 51.7 cm³/mol. The summed E-state index contributed by atoms with van der Waals surface area (Å²) in [6.07, 6.45) is 0.721. The fourth-order valence-electron chi connectivity index (χ4n) is 1.27. The van der Waals surface area contributed by atoms with Crippen LogP contribution in [0.4, 0.5) is 23.5 Å². The Hall–Kier alpha value is -2.18. The van der Waals surface area contributed by atoms with E-state index in [0.717, 1.165) is 6.20 Å². The van der Waals surface area contributed by atoms with E-state index in [-0.39, 0.29) is 5.95 Å². The minimum absolute atomic E-state index is 0.300. The van der Waals surface area contributed by atoms with Crippen molar-refractivity contribution >= 4 is 5.95 Å². The molecule has 0 aliphatic heterocycles. The molecule has 0 saturated carbocycles. The molecule has 1 aromatic carbocycles. The number of benzene rings is 1. The highest BCUT2D eigenvalue weighted by Gasteiger charge is 2.16. The molecule has 0 amide bonds. The van der Waals surface area contributed by atoms with Crippen molar-refractivity contribution in [3.63, 3.8) is 0 Å². The van der Waals surface area contributed by atoms with E-state index in [4.69, 9.17) is 5.73 Å². The van der Waals surface area contributed by atoms with Crippen LogP contribution in [0.1, 0.15) is 0 Å². The monoisotopic (exact) mass is 243 g/mol. The van der Waals surface area contributed by atoms with Gasteiger partial charge in [0.15, 0.2) is 17.5 Å². The number of halogens is 4. The lowest BCUT2D eigenvalue weighted by Crippen LogP contribution is -2.01. The number of aromatic nitrogens is 2. The summed E-state index contributed by atoms with van der Waals surface area (Å²) < 4.78 is 52.3. The Bertz CT molecular complexity index is 586. The van der Waals surface area contributed by atoms with Crippen molar-refractivity contribution in [1.82, 2.24) is 9.97 Å². The Morgan fingerprint density at radius 2 is 1.53 bits per heavy atom. The second-order valence-corrected chi connectivity index (χ2v) is 3.17. The van der Waals surface area contributed by atoms with E-state index < -0.39 is 34.5 Å². The van der Waals surface area contributed by atoms with Gasteiger partial charge in [0.2, 0.25) is 5.95 Å². The van der Waals surface area contributed by atoms with Crippen molar-refractivity contribution in [1.29, 1.82) is 0 Å². The maximum Gasteiger partial charge on any atom is 0.220 e. The van der Waals surface area contributed by atoms with Crippen LogP contribution in [-0.4, -0.2) is 9.97 Å². The van der Waals surface area contributed by atoms with Crippen LogP contribution in [0.5, 0.6) is 0 Å². The van der Waals surface area contributed by atoms with Gasteiger partial charge in [0.1, 0.15) is 11.5 Å². The molecule has 0 radical (unpaired) electrons. The summed E-state index contributed by atoms with van der Waals surface area (Å²) >= 11 is 0. The molecule has 0 spiro atoms. The van der Waals surface area contributed by atoms with Gasteiger partial charge in [0, 0.05) is 11.6 Å². The van der Waals surface area contributed by atoms with Crippen LogP contribution in [-0.2, 0) is 0 Å². The predicted octanol–water partition coefficient (Wildman–Crippen LogP) is 2.28. The fraction of sp³-hybridized carbons (Fsp3) is 0. The zero-order valence-electron chi connectivity index (χ0n) is 8.22. The molecule has 0 aliphatic carbocycles. The number of nitrogen functional groups attached to an aromatic ring is 1. The Morgan fingerprint density at radius 1 is 0.882 bits per heavy atom. The summed E-state index contributed by atoms with van der Waals surface area (Å²) in [5, 5.41) is 0. The maximum atomic E-state index is 13.4. The third-order valence-corrected chi connectivity index (χ3v) is 2.03. The third-order valence-electron chi connectivity index (χ3n) is 2.03. The van der Waals surface area contributed by atoms with Crippen molar-refractivity contribution in [3.05, 3.63) is 41.6 Å². The van der Waals surface area contributed by atoms with Gasteiger partial charge in [-0.3, -0.25) is 0 Å². The number of anilines is 1. The van der Waals surface area contributed by atoms with E-state index in [2.05, 4.69) is 9.97 Å². The molecule has 0 atom stereocenters. The first-order valence-corrected chi connectivity index (χ1v) is 4.42. The molecule has 0 unspecified atom stereocenters. The number of hydrogen-bond acceptors (Lipinski definition) is 3. The largest absolute Gasteiger partial charge is 0.368 e. The van der Waals surface area contributed by atoms with Crippen molar-refractivity contribution < 1.29 is 17.6 Å². The normalized spacial score (nSPS) is 10.6. The standard InChI is InChI=1S/C10H5F4N3/c11-5-2-7(13)6(12)1-4(5)9-8(14)3-16-10(15)17-9/h1-3H,(H2,15,16,17). The minimum atomic E-state index is -1.37. The molecule has 1 aromatic heterocycles. The molecule has 0 bridgehead atoms. The average molecular weight is 243 g/mol. The van der Waals surface area contributed by atoms with Crippen molar-refractivity contribution in [2.24, 2.45) is 0 Å². The van der Waals surface area contributed by atoms with Gasteiger partial charge in [0.25, 0.3) is 0 Å². The van der Waals surface area contributed by atoms with Crippen LogP contribution >= 0.6 is 0 Å². The van der Waals surface area contributed by atoms with E-state index >= 15 is 0 Å². The molecule has 7 heteroatoms. The van der Waals surface area contributed by atoms with Crippen LogP contribution in [0.2, 0.25) is 0 Å². The van der Waals surface area contributed by atoms with Gasteiger partial charge in [-0.05, 0) is 6.07 Å². The molecule has 0 fully saturated rings. The number of rotatable bonds is 1. The molecule has 2 rings (SSSR count). The Kier molecular flexibility index (Phi) is 2.66. The highest BCUT2D eigenvalue weighted by molar-refractivity contribution is 5.61. The molecule has 1 heterocycles. The van der Waals surface area contributed by atoms with E-state index in [1.807, 2.05) is 0 Å². The molecule has 0 saturated heterocycles. The smallest absolute Gasteiger partial charge is 0.220 e. The summed E-state index contributed by atoms with van der Waals surface area (Å²) in [6, 6.07) is 0.817. The first-order chi connectivity index (χ1) is 7.99. The zero-order valence-corrected chi connectivity index (χ0v) is 8.22. The molecule has 2 N–H and O–H groups in total. The lowest BCUT2D eigenvalue weighted by molar-refractivity contribution is 0.495. The SMILES string of the molecule is Nc1ncc(F)c(-c2cc(F)c(F)cc2F)n1. The summed E-state index contributed by atoms with van der Waals surface area (Å²) in [6.45, 7) is 0. The second kappa shape index (κ2) is 4.00. The van der Waals surface area contributed by atoms with E-state index in [1.165, 1.54) is 0 Å². The van der Waals surface area contributed by atoms with Crippen LogP contribution in [0.3, 0.4) is 0 Å². The number of hydrogen-bond donors (Lipinski definition) is 1. The van der Waals surface area contributed by atoms with Crippen molar-refractivity contribution in [2.45, 2.75) is 0 Å². The van der Waals surface area contributed by atoms with Gasteiger partial charge in [-0.1, -0.05) is 0 Å². The molecule has 3 nitrogen and oxygen atoms in total. The molecule has 17 heavy (non-hydrogen) atoms. The Labute approximate surface area is 92.9 Å². The first-order valence-electron chi connectivity index (χ1n) is 4.42. The quantitative estimate of drug-likeness (QED) is 0.617. The lowest BCUT2D eigenvalue weighted by atomic mass is 10.1. The Balaban J connectivity index is 2.68. The third kappa shape index (κ3) is 2.03. The molecular weight excluding hydrogens is 238 g/mol. The van der Waals surface area contributed by atoms with Gasteiger partial charge in [-0.2, -0.15) is 0 Å². The number of nitrogens with two attached hydrogens (primary N) is 1. The number of nitrogens with zero attached hydrogens (tertiary/aromatic N) is 2. The molecule has 2 aromatic rings. The van der Waals surface area contributed by atoms with E-state index in [0.29, 0.717) is 12.1 Å². The van der Waals surface area contributed by atoms with Crippen LogP contribution in [0.15, 0.2) is 18.3 Å². The highest BCUT2D eigenvalue weighted by Crippen LogP contribution is 2.25. The van der Waals surface area contributed by atoms with Crippen LogP contribution in [0, 0.1) is 23.3 Å². The van der Waals surface area contributed by atoms with Crippen molar-refractivity contribution in [3.8, 4) is 11.3 Å². The summed E-state index contributed by atoms with van der Waals surface area (Å²) in [5.41, 5.74) is 4.17. The maximum absolute atomic E-state index is 13.4. The molecule has 88 valence electrons. The second-order valence-electron chi connectivity index (χ2n) is 3.17. The summed E-state index contributed by atoms with van der Waals surface area (Å²) in [7, 11) is 0. The zero-order chi connectivity index (χ0) is 12.6. The average Bonchev–Trinajstić information content (AvgIpc) is 2.27. The minimum Gasteiger partial charge on any atom is -0.368 e. The van der Waals surface area contributed by atoms with Gasteiger partial charge < -0.3 is 5.73 Å². The van der Waals surface area contributed by atoms with Gasteiger partial charge in [-0.25, -0.2) is 27.5 Å². The highest BCUT2D eigenvalue weighted by atomic mass is 19.2. The summed E-state index contributed by atoms with van der Waals surface area (Å²) in [4.78, 5) is 6.77. The van der Waals surface area contributed by atoms with Crippen LogP contribution < -0.4 is 5.73 Å². The first kappa shape index (κ1) is 11.3. The van der Waals surface area contributed by atoms with Crippen LogP contribution in [0.25, 0.3) is 11.3 Å². The molecule has 0 aliphatic rings. The van der Waals surface area contributed by atoms with Gasteiger partial charge >= 0.3 is 0 Å². The Morgan fingerprint density at radius 3 is 2.24 bits per heavy atom. The van der Waals surface area contributed by atoms with Gasteiger partial charge in [0.05, 0.1) is 6.20 Å². The summed E-state index contributed by atoms with van der Waals surface area (Å²) in [5.74, 6) is -5.10. The lowest BCUT2D eigenvalue weighted by Gasteiger charge is -2.05. The molecular formula is C10H5F4N3. The van der Waals surface area contributed by atoms with Crippen molar-refractivity contribution in [2.75, 3.05) is 5.73 Å². The van der Waals surface area contributed by atoms with E-state index in [1.54, 1.807) is 0 Å². The fourth-order valence-corrected chi connectivity index (χ4v) is 1.27. The van der Waals surface area contributed by atoms with E-state index in [9.17, 15) is 17.6 Å². The van der Waals surface area contributed by atoms with Gasteiger partial charge in [-0.15, -0.1) is 0 Å². The topological polar surface area (TPSA) is 51.8 Å².